The van der Waals surface area contributed by atoms with Gasteiger partial charge in [-0.25, -0.2) is 0 Å². The Bertz CT molecular complexity index is 319. The average Bonchev–Trinajstić information content (AvgIpc) is 2.43. The number of likely N-dealkylation sites (N-methyl/N-ethyl adjacent to an activating group) is 1. The first kappa shape index (κ1) is 17.4. The van der Waals surface area contributed by atoms with Crippen molar-refractivity contribution in [1.29, 1.82) is 0 Å². The Morgan fingerprint density at radius 1 is 1.29 bits per heavy atom. The summed E-state index contributed by atoms with van der Waals surface area (Å²) in [6.07, 6.45) is 2.61. The molecule has 2 fully saturated rings. The van der Waals surface area contributed by atoms with Crippen LogP contribution in [0.3, 0.4) is 0 Å². The maximum absolute atomic E-state index is 6.44. The highest BCUT2D eigenvalue weighted by atomic mass is 28.4. The van der Waals surface area contributed by atoms with Crippen LogP contribution in [0.4, 0.5) is 0 Å². The van der Waals surface area contributed by atoms with Gasteiger partial charge in [0.1, 0.15) is 0 Å². The standard InChI is InChI=1S/C15H32N2O3Si/c1-14-6-7-17(9-8-16(2)3)12-15-13-18-10-5-11-21(4,19-14)20-15/h14-15H,5-13H2,1-4H3. The lowest BCUT2D eigenvalue weighted by Gasteiger charge is -2.35. The Morgan fingerprint density at radius 2 is 2.10 bits per heavy atom. The zero-order valence-corrected chi connectivity index (χ0v) is 15.1. The second-order valence-corrected chi connectivity index (χ2v) is 10.1. The smallest absolute Gasteiger partial charge is 0.335 e. The van der Waals surface area contributed by atoms with Gasteiger partial charge in [0.15, 0.2) is 0 Å². The van der Waals surface area contributed by atoms with Gasteiger partial charge in [-0.2, -0.15) is 0 Å². The normalized spacial score (nSPS) is 36.4. The summed E-state index contributed by atoms with van der Waals surface area (Å²) < 4.78 is 18.6. The van der Waals surface area contributed by atoms with Crippen LogP contribution < -0.4 is 0 Å². The maximum Gasteiger partial charge on any atom is 0.335 e. The summed E-state index contributed by atoms with van der Waals surface area (Å²) in [5, 5.41) is 0. The molecule has 2 heterocycles. The van der Waals surface area contributed by atoms with E-state index in [1.807, 2.05) is 0 Å². The van der Waals surface area contributed by atoms with Gasteiger partial charge >= 0.3 is 8.56 Å². The van der Waals surface area contributed by atoms with E-state index in [0.717, 1.165) is 51.7 Å². The number of ether oxygens (including phenoxy) is 1. The first-order valence-corrected chi connectivity index (χ1v) is 10.8. The molecule has 3 atom stereocenters. The van der Waals surface area contributed by atoms with Crippen molar-refractivity contribution in [3.63, 3.8) is 0 Å². The van der Waals surface area contributed by atoms with Gasteiger partial charge in [-0.15, -0.1) is 0 Å². The molecule has 2 saturated heterocycles. The quantitative estimate of drug-likeness (QED) is 0.738. The fourth-order valence-corrected chi connectivity index (χ4v) is 6.00. The molecule has 0 saturated carbocycles. The lowest BCUT2D eigenvalue weighted by Crippen LogP contribution is -2.48. The lowest BCUT2D eigenvalue weighted by atomic mass is 10.2. The summed E-state index contributed by atoms with van der Waals surface area (Å²) in [6.45, 7) is 10.2. The highest BCUT2D eigenvalue weighted by Gasteiger charge is 2.38. The minimum atomic E-state index is -2.04. The van der Waals surface area contributed by atoms with Crippen molar-refractivity contribution >= 4 is 8.56 Å². The first-order chi connectivity index (χ1) is 9.97. The van der Waals surface area contributed by atoms with E-state index in [0.29, 0.717) is 12.7 Å². The van der Waals surface area contributed by atoms with Gasteiger partial charge < -0.3 is 18.5 Å². The molecule has 0 radical (unpaired) electrons. The molecule has 0 aliphatic carbocycles. The van der Waals surface area contributed by atoms with Gasteiger partial charge in [0.25, 0.3) is 0 Å². The molecule has 0 amide bonds. The van der Waals surface area contributed by atoms with Gasteiger partial charge in [-0.05, 0) is 46.5 Å². The van der Waals surface area contributed by atoms with E-state index in [9.17, 15) is 0 Å². The van der Waals surface area contributed by atoms with E-state index in [2.05, 4.69) is 37.4 Å². The zero-order valence-electron chi connectivity index (χ0n) is 14.1. The van der Waals surface area contributed by atoms with Crippen molar-refractivity contribution in [1.82, 2.24) is 9.80 Å². The average molecular weight is 317 g/mol. The summed E-state index contributed by atoms with van der Waals surface area (Å²) in [4.78, 5) is 4.75. The summed E-state index contributed by atoms with van der Waals surface area (Å²) >= 11 is 0. The van der Waals surface area contributed by atoms with E-state index in [4.69, 9.17) is 13.6 Å². The van der Waals surface area contributed by atoms with Crippen LogP contribution in [0.5, 0.6) is 0 Å². The highest BCUT2D eigenvalue weighted by Crippen LogP contribution is 2.25. The third kappa shape index (κ3) is 5.96. The van der Waals surface area contributed by atoms with Crippen LogP contribution in [0.2, 0.25) is 12.6 Å². The van der Waals surface area contributed by atoms with Gasteiger partial charge in [0.2, 0.25) is 0 Å². The predicted molar refractivity (Wildman–Crippen MR) is 86.9 cm³/mol. The minimum Gasteiger partial charge on any atom is -0.391 e. The predicted octanol–water partition coefficient (Wildman–Crippen LogP) is 1.54. The highest BCUT2D eigenvalue weighted by molar-refractivity contribution is 6.66. The summed E-state index contributed by atoms with van der Waals surface area (Å²) in [5.41, 5.74) is 0. The van der Waals surface area contributed by atoms with Crippen molar-refractivity contribution < 1.29 is 13.6 Å². The van der Waals surface area contributed by atoms with Gasteiger partial charge in [-0.1, -0.05) is 0 Å². The fourth-order valence-electron chi connectivity index (χ4n) is 3.10. The molecule has 2 aliphatic heterocycles. The van der Waals surface area contributed by atoms with Crippen molar-refractivity contribution in [3.8, 4) is 0 Å². The Morgan fingerprint density at radius 3 is 2.86 bits per heavy atom. The van der Waals surface area contributed by atoms with Crippen LogP contribution in [0, 0.1) is 0 Å². The van der Waals surface area contributed by atoms with Gasteiger partial charge in [0.05, 0.1) is 12.7 Å². The van der Waals surface area contributed by atoms with E-state index < -0.39 is 8.56 Å². The van der Waals surface area contributed by atoms with Gasteiger partial charge in [-0.3, -0.25) is 4.90 Å². The van der Waals surface area contributed by atoms with Crippen molar-refractivity contribution in [3.05, 3.63) is 0 Å². The van der Waals surface area contributed by atoms with Crippen LogP contribution in [0.15, 0.2) is 0 Å². The summed E-state index contributed by atoms with van der Waals surface area (Å²) in [5.74, 6) is 0. The molecule has 3 unspecified atom stereocenters. The van der Waals surface area contributed by atoms with Crippen molar-refractivity contribution in [2.24, 2.45) is 0 Å². The number of nitrogens with zero attached hydrogens (tertiary/aromatic N) is 2. The van der Waals surface area contributed by atoms with Crippen LogP contribution >= 0.6 is 0 Å². The Labute approximate surface area is 130 Å². The first-order valence-electron chi connectivity index (χ1n) is 8.27. The molecule has 0 aromatic heterocycles. The molecule has 2 bridgehead atoms. The molecule has 124 valence electrons. The molecule has 0 spiro atoms. The molecular formula is C15H32N2O3Si. The summed E-state index contributed by atoms with van der Waals surface area (Å²) in [7, 11) is 2.21. The molecule has 6 heteroatoms. The third-order valence-corrected chi connectivity index (χ3v) is 7.26. The van der Waals surface area contributed by atoms with Crippen molar-refractivity contribution in [2.45, 2.75) is 44.6 Å². The van der Waals surface area contributed by atoms with E-state index in [-0.39, 0.29) is 6.10 Å². The molecule has 0 aromatic carbocycles. The Kier molecular flexibility index (Phi) is 6.65. The number of hydrogen-bond donors (Lipinski definition) is 0. The number of hydrogen-bond acceptors (Lipinski definition) is 5. The Balaban J connectivity index is 2.03. The van der Waals surface area contributed by atoms with E-state index >= 15 is 0 Å². The molecule has 21 heavy (non-hydrogen) atoms. The second kappa shape index (κ2) is 8.03. The Hall–Kier alpha value is 0.0169. The molecular weight excluding hydrogens is 284 g/mol. The molecule has 0 N–H and O–H groups in total. The van der Waals surface area contributed by atoms with E-state index in [1.165, 1.54) is 0 Å². The monoisotopic (exact) mass is 316 g/mol. The largest absolute Gasteiger partial charge is 0.391 e. The zero-order chi connectivity index (χ0) is 15.3. The molecule has 5 nitrogen and oxygen atoms in total. The topological polar surface area (TPSA) is 34.2 Å². The second-order valence-electron chi connectivity index (χ2n) is 6.87. The van der Waals surface area contributed by atoms with E-state index in [1.54, 1.807) is 0 Å². The fraction of sp³-hybridized carbons (Fsp3) is 1.00. The van der Waals surface area contributed by atoms with Crippen LogP contribution in [0.1, 0.15) is 19.8 Å². The summed E-state index contributed by atoms with van der Waals surface area (Å²) in [6, 6.07) is 1.05. The van der Waals surface area contributed by atoms with Gasteiger partial charge in [0, 0.05) is 38.9 Å². The SMILES string of the molecule is CC1CCN(CCN(C)C)CC2COCCC[Si](C)(O1)O2. The van der Waals surface area contributed by atoms with Crippen LogP contribution in [-0.4, -0.2) is 84.1 Å². The lowest BCUT2D eigenvalue weighted by molar-refractivity contribution is 0.0000275. The van der Waals surface area contributed by atoms with Crippen LogP contribution in [-0.2, 0) is 13.6 Å². The maximum atomic E-state index is 6.44. The molecule has 2 aliphatic rings. The third-order valence-electron chi connectivity index (χ3n) is 4.27. The molecule has 2 rings (SSSR count). The van der Waals surface area contributed by atoms with Crippen LogP contribution in [0.25, 0.3) is 0 Å². The molecule has 0 aromatic rings. The number of rotatable bonds is 3. The minimum absolute atomic E-state index is 0.162. The van der Waals surface area contributed by atoms with Crippen molar-refractivity contribution in [2.75, 3.05) is 53.5 Å². The number of fused-ring (bicyclic) bond motifs is 2.